The normalized spacial score (nSPS) is 32.5. The fourth-order valence-corrected chi connectivity index (χ4v) is 0.231. The average molecular weight is 90.1 g/mol. The summed E-state index contributed by atoms with van der Waals surface area (Å²) in [5.41, 5.74) is 0. The molecule has 0 aromatic carbocycles. The van der Waals surface area contributed by atoms with Gasteiger partial charge in [0, 0.05) is 7.11 Å². The Hall–Kier alpha value is -0.120. The van der Waals surface area contributed by atoms with Crippen LogP contribution >= 0.6 is 0 Å². The molecule has 1 rings (SSSR count). The standard InChI is InChI=1S/C3H6O3/c1-4-3-2-5-6-3/h3H,2H2,1H3. The third kappa shape index (κ3) is 0.518. The Morgan fingerprint density at radius 2 is 2.50 bits per heavy atom. The van der Waals surface area contributed by atoms with E-state index in [0.717, 1.165) is 0 Å². The molecule has 3 nitrogen and oxygen atoms in total. The zero-order valence-electron chi connectivity index (χ0n) is 3.51. The number of hydrogen-bond donors (Lipinski definition) is 0. The molecule has 1 unspecified atom stereocenters. The highest BCUT2D eigenvalue weighted by Crippen LogP contribution is 2.04. The number of ether oxygens (including phenoxy) is 1. The van der Waals surface area contributed by atoms with Crippen molar-refractivity contribution in [2.75, 3.05) is 13.7 Å². The first-order chi connectivity index (χ1) is 2.93. The van der Waals surface area contributed by atoms with Crippen molar-refractivity contribution in [3.05, 3.63) is 0 Å². The summed E-state index contributed by atoms with van der Waals surface area (Å²) in [5.74, 6) is 0. The van der Waals surface area contributed by atoms with Crippen LogP contribution in [0.15, 0.2) is 0 Å². The summed E-state index contributed by atoms with van der Waals surface area (Å²) in [7, 11) is 1.58. The van der Waals surface area contributed by atoms with E-state index >= 15 is 0 Å². The minimum absolute atomic E-state index is 0.106. The minimum atomic E-state index is -0.106. The first-order valence-electron chi connectivity index (χ1n) is 1.74. The van der Waals surface area contributed by atoms with Gasteiger partial charge in [0.25, 0.3) is 0 Å². The van der Waals surface area contributed by atoms with Gasteiger partial charge < -0.3 is 4.74 Å². The first kappa shape index (κ1) is 4.05. The van der Waals surface area contributed by atoms with Crippen molar-refractivity contribution in [3.8, 4) is 0 Å². The van der Waals surface area contributed by atoms with Crippen LogP contribution in [-0.4, -0.2) is 20.0 Å². The highest BCUT2D eigenvalue weighted by molar-refractivity contribution is 4.38. The molecule has 0 saturated carbocycles. The van der Waals surface area contributed by atoms with Crippen molar-refractivity contribution < 1.29 is 14.5 Å². The molecule has 1 aliphatic heterocycles. The average Bonchev–Trinajstić information content (AvgIpc) is 1.31. The van der Waals surface area contributed by atoms with Gasteiger partial charge in [0.1, 0.15) is 6.61 Å². The van der Waals surface area contributed by atoms with Crippen molar-refractivity contribution in [2.45, 2.75) is 6.29 Å². The Morgan fingerprint density at radius 1 is 1.83 bits per heavy atom. The lowest BCUT2D eigenvalue weighted by Gasteiger charge is -2.21. The predicted octanol–water partition coefficient (Wildman–Crippen LogP) is -0.0793. The largest absolute Gasteiger partial charge is 0.351 e. The Bertz CT molecular complexity index is 38.5. The van der Waals surface area contributed by atoms with Gasteiger partial charge >= 0.3 is 0 Å². The van der Waals surface area contributed by atoms with Gasteiger partial charge in [-0.15, -0.1) is 0 Å². The van der Waals surface area contributed by atoms with Gasteiger partial charge in [0.2, 0.25) is 6.29 Å². The lowest BCUT2D eigenvalue weighted by Crippen LogP contribution is -2.32. The van der Waals surface area contributed by atoms with Crippen LogP contribution in [0.4, 0.5) is 0 Å². The summed E-state index contributed by atoms with van der Waals surface area (Å²) in [6.45, 7) is 0.566. The molecule has 1 saturated heterocycles. The number of methoxy groups -OCH3 is 1. The molecule has 0 aromatic heterocycles. The van der Waals surface area contributed by atoms with Crippen molar-refractivity contribution >= 4 is 0 Å². The van der Waals surface area contributed by atoms with Gasteiger partial charge in [-0.1, -0.05) is 0 Å². The van der Waals surface area contributed by atoms with E-state index in [4.69, 9.17) is 0 Å². The zero-order chi connectivity index (χ0) is 4.41. The van der Waals surface area contributed by atoms with E-state index in [1.807, 2.05) is 0 Å². The monoisotopic (exact) mass is 90.0 g/mol. The quantitative estimate of drug-likeness (QED) is 0.421. The van der Waals surface area contributed by atoms with E-state index in [0.29, 0.717) is 6.61 Å². The molecule has 0 aromatic rings. The van der Waals surface area contributed by atoms with Gasteiger partial charge in [0.05, 0.1) is 0 Å². The molecule has 0 radical (unpaired) electrons. The molecule has 6 heavy (non-hydrogen) atoms. The molecule has 1 heterocycles. The Balaban J connectivity index is 2.01. The molecule has 36 valence electrons. The number of rotatable bonds is 1. The SMILES string of the molecule is COC1COO1. The fraction of sp³-hybridized carbons (Fsp3) is 1.00. The van der Waals surface area contributed by atoms with Gasteiger partial charge in [-0.3, -0.25) is 0 Å². The van der Waals surface area contributed by atoms with Crippen LogP contribution in [0, 0.1) is 0 Å². The van der Waals surface area contributed by atoms with Gasteiger partial charge in [-0.2, -0.15) is 0 Å². The zero-order valence-corrected chi connectivity index (χ0v) is 3.51. The maximum Gasteiger partial charge on any atom is 0.217 e. The maximum absolute atomic E-state index is 4.64. The van der Waals surface area contributed by atoms with E-state index in [1.54, 1.807) is 7.11 Å². The second-order valence-electron chi connectivity index (χ2n) is 1.05. The molecule has 0 spiro atoms. The van der Waals surface area contributed by atoms with Crippen molar-refractivity contribution in [1.29, 1.82) is 0 Å². The van der Waals surface area contributed by atoms with Crippen LogP contribution in [0.5, 0.6) is 0 Å². The lowest BCUT2D eigenvalue weighted by molar-refractivity contribution is -0.478. The minimum Gasteiger partial charge on any atom is -0.351 e. The second-order valence-corrected chi connectivity index (χ2v) is 1.05. The molecule has 0 bridgehead atoms. The van der Waals surface area contributed by atoms with E-state index in [-0.39, 0.29) is 6.29 Å². The summed E-state index contributed by atoms with van der Waals surface area (Å²) >= 11 is 0. The molecular formula is C3H6O3. The van der Waals surface area contributed by atoms with Crippen molar-refractivity contribution in [2.24, 2.45) is 0 Å². The molecule has 0 amide bonds. The topological polar surface area (TPSA) is 27.7 Å². The molecule has 3 heteroatoms. The van der Waals surface area contributed by atoms with Crippen LogP contribution in [0.25, 0.3) is 0 Å². The third-order valence-corrected chi connectivity index (χ3v) is 0.642. The van der Waals surface area contributed by atoms with Gasteiger partial charge in [-0.05, 0) is 0 Å². The third-order valence-electron chi connectivity index (χ3n) is 0.642. The Kier molecular flexibility index (Phi) is 1.05. The van der Waals surface area contributed by atoms with Gasteiger partial charge in [-0.25, -0.2) is 9.78 Å². The summed E-state index contributed by atoms with van der Waals surface area (Å²) in [5, 5.41) is 0. The smallest absolute Gasteiger partial charge is 0.217 e. The molecule has 0 aliphatic carbocycles. The summed E-state index contributed by atoms with van der Waals surface area (Å²) in [4.78, 5) is 8.66. The van der Waals surface area contributed by atoms with Crippen LogP contribution in [-0.2, 0) is 14.5 Å². The lowest BCUT2D eigenvalue weighted by atomic mass is 10.7. The van der Waals surface area contributed by atoms with E-state index in [9.17, 15) is 0 Å². The summed E-state index contributed by atoms with van der Waals surface area (Å²) in [6, 6.07) is 0. The highest BCUT2D eigenvalue weighted by Gasteiger charge is 2.18. The van der Waals surface area contributed by atoms with Crippen LogP contribution < -0.4 is 0 Å². The molecule has 0 N–H and O–H groups in total. The van der Waals surface area contributed by atoms with E-state index in [2.05, 4.69) is 14.5 Å². The second kappa shape index (κ2) is 1.55. The molecule has 1 fully saturated rings. The molecule has 1 aliphatic rings. The van der Waals surface area contributed by atoms with E-state index in [1.165, 1.54) is 0 Å². The number of hydrogen-bond acceptors (Lipinski definition) is 3. The van der Waals surface area contributed by atoms with E-state index < -0.39 is 0 Å². The Morgan fingerprint density at radius 3 is 2.50 bits per heavy atom. The highest BCUT2D eigenvalue weighted by atomic mass is 17.3. The fourth-order valence-electron chi connectivity index (χ4n) is 0.231. The maximum atomic E-state index is 4.64. The van der Waals surface area contributed by atoms with Crippen molar-refractivity contribution in [1.82, 2.24) is 0 Å². The molecular weight excluding hydrogens is 84.0 g/mol. The Labute approximate surface area is 35.7 Å². The summed E-state index contributed by atoms with van der Waals surface area (Å²) < 4.78 is 4.64. The first-order valence-corrected chi connectivity index (χ1v) is 1.74. The predicted molar refractivity (Wildman–Crippen MR) is 17.8 cm³/mol. The van der Waals surface area contributed by atoms with Crippen molar-refractivity contribution in [3.63, 3.8) is 0 Å². The van der Waals surface area contributed by atoms with Crippen LogP contribution in [0.1, 0.15) is 0 Å². The van der Waals surface area contributed by atoms with Crippen LogP contribution in [0.3, 0.4) is 0 Å². The summed E-state index contributed by atoms with van der Waals surface area (Å²) in [6.07, 6.45) is -0.106. The van der Waals surface area contributed by atoms with Gasteiger partial charge in [0.15, 0.2) is 0 Å². The molecule has 1 atom stereocenters. The van der Waals surface area contributed by atoms with Crippen LogP contribution in [0.2, 0.25) is 0 Å².